The molecule has 4 rings (SSSR count). The van der Waals surface area contributed by atoms with E-state index in [1.165, 1.54) is 17.7 Å². The largest absolute Gasteiger partial charge is 0.365 e. The van der Waals surface area contributed by atoms with Gasteiger partial charge in [-0.05, 0) is 34.7 Å². The number of hydrogen-bond donors (Lipinski definition) is 2. The number of fused-ring (bicyclic) bond motifs is 1. The number of primary sulfonamides is 1. The first-order valence-electron chi connectivity index (χ1n) is 9.51. The van der Waals surface area contributed by atoms with Gasteiger partial charge in [-0.25, -0.2) is 23.5 Å². The van der Waals surface area contributed by atoms with Crippen molar-refractivity contribution in [2.24, 2.45) is 5.14 Å². The van der Waals surface area contributed by atoms with Crippen molar-refractivity contribution in [3.8, 4) is 11.1 Å². The zero-order chi connectivity index (χ0) is 21.3. The Morgan fingerprint density at radius 1 is 1.03 bits per heavy atom. The molecule has 2 heterocycles. The van der Waals surface area contributed by atoms with Crippen LogP contribution in [0.2, 0.25) is 0 Å². The van der Waals surface area contributed by atoms with Gasteiger partial charge in [-0.2, -0.15) is 0 Å². The molecular formula is C22H22N4O2S2. The van der Waals surface area contributed by atoms with Gasteiger partial charge < -0.3 is 5.32 Å². The number of rotatable bonds is 6. The van der Waals surface area contributed by atoms with Crippen molar-refractivity contribution in [2.45, 2.75) is 31.2 Å². The number of nitrogens with zero attached hydrogens (tertiary/aromatic N) is 2. The third-order valence-corrected chi connectivity index (χ3v) is 6.79. The number of anilines is 1. The van der Waals surface area contributed by atoms with Gasteiger partial charge in [0.2, 0.25) is 10.0 Å². The Kier molecular flexibility index (Phi) is 5.55. The van der Waals surface area contributed by atoms with Crippen LogP contribution in [0, 0.1) is 0 Å². The van der Waals surface area contributed by atoms with Gasteiger partial charge in [-0.1, -0.05) is 50.2 Å². The van der Waals surface area contributed by atoms with Gasteiger partial charge >= 0.3 is 0 Å². The molecule has 0 radical (unpaired) electrons. The van der Waals surface area contributed by atoms with Gasteiger partial charge in [0.1, 0.15) is 17.0 Å². The van der Waals surface area contributed by atoms with E-state index in [-0.39, 0.29) is 4.90 Å². The van der Waals surface area contributed by atoms with Gasteiger partial charge in [-0.3, -0.25) is 0 Å². The number of thiophene rings is 1. The maximum Gasteiger partial charge on any atom is 0.238 e. The molecule has 0 saturated carbocycles. The normalized spacial score (nSPS) is 11.9. The summed E-state index contributed by atoms with van der Waals surface area (Å²) in [5, 5.41) is 11.6. The van der Waals surface area contributed by atoms with Crippen molar-refractivity contribution in [3.63, 3.8) is 0 Å². The maximum absolute atomic E-state index is 11.4. The highest BCUT2D eigenvalue weighted by Crippen LogP contribution is 2.37. The SMILES string of the molecule is CC(C)c1ccc(-c2csc3ncnc(NCc4ccc(S(N)(=O)=O)cc4)c23)cc1. The molecule has 2 aromatic heterocycles. The van der Waals surface area contributed by atoms with Crippen molar-refractivity contribution in [2.75, 3.05) is 5.32 Å². The Balaban J connectivity index is 1.63. The predicted octanol–water partition coefficient (Wildman–Crippen LogP) is 4.74. The van der Waals surface area contributed by atoms with Gasteiger partial charge in [0.15, 0.2) is 0 Å². The molecule has 0 bridgehead atoms. The van der Waals surface area contributed by atoms with Crippen LogP contribution in [-0.4, -0.2) is 18.4 Å². The molecule has 0 aliphatic heterocycles. The van der Waals surface area contributed by atoms with Gasteiger partial charge in [0.25, 0.3) is 0 Å². The molecule has 154 valence electrons. The van der Waals surface area contributed by atoms with Crippen molar-refractivity contribution in [1.29, 1.82) is 0 Å². The number of nitrogens with two attached hydrogens (primary N) is 1. The lowest BCUT2D eigenvalue weighted by Gasteiger charge is -2.10. The summed E-state index contributed by atoms with van der Waals surface area (Å²) in [6.07, 6.45) is 1.55. The van der Waals surface area contributed by atoms with E-state index in [1.807, 2.05) is 0 Å². The molecule has 8 heteroatoms. The summed E-state index contributed by atoms with van der Waals surface area (Å²) < 4.78 is 22.8. The fourth-order valence-corrected chi connectivity index (χ4v) is 4.68. The van der Waals surface area contributed by atoms with Crippen LogP contribution in [0.3, 0.4) is 0 Å². The van der Waals surface area contributed by atoms with Crippen LogP contribution in [0.15, 0.2) is 65.1 Å². The number of aromatic nitrogens is 2. The number of benzene rings is 2. The first-order chi connectivity index (χ1) is 14.3. The lowest BCUT2D eigenvalue weighted by atomic mass is 9.99. The molecule has 0 aliphatic rings. The molecule has 2 aromatic carbocycles. The third-order valence-electron chi connectivity index (χ3n) is 4.97. The van der Waals surface area contributed by atoms with Crippen LogP contribution in [0.1, 0.15) is 30.9 Å². The molecule has 0 fully saturated rings. The highest BCUT2D eigenvalue weighted by atomic mass is 32.2. The van der Waals surface area contributed by atoms with Gasteiger partial charge in [-0.15, -0.1) is 11.3 Å². The molecule has 0 aliphatic carbocycles. The summed E-state index contributed by atoms with van der Waals surface area (Å²) in [4.78, 5) is 9.88. The van der Waals surface area contributed by atoms with E-state index in [2.05, 4.69) is 58.8 Å². The van der Waals surface area contributed by atoms with E-state index in [9.17, 15) is 8.42 Å². The number of nitrogens with one attached hydrogen (secondary N) is 1. The fourth-order valence-electron chi connectivity index (χ4n) is 3.25. The van der Waals surface area contributed by atoms with Crippen LogP contribution in [-0.2, 0) is 16.6 Å². The molecule has 6 nitrogen and oxygen atoms in total. The first kappa shape index (κ1) is 20.5. The summed E-state index contributed by atoms with van der Waals surface area (Å²) >= 11 is 1.59. The monoisotopic (exact) mass is 438 g/mol. The average Bonchev–Trinajstić information content (AvgIpc) is 3.17. The van der Waals surface area contributed by atoms with Crippen LogP contribution >= 0.6 is 11.3 Å². The Morgan fingerprint density at radius 2 is 1.73 bits per heavy atom. The lowest BCUT2D eigenvalue weighted by Crippen LogP contribution is -2.12. The smallest absolute Gasteiger partial charge is 0.238 e. The van der Waals surface area contributed by atoms with Crippen molar-refractivity contribution in [3.05, 3.63) is 71.4 Å². The molecule has 0 unspecified atom stereocenters. The van der Waals surface area contributed by atoms with Crippen LogP contribution < -0.4 is 10.5 Å². The number of sulfonamides is 1. The Hall–Kier alpha value is -2.81. The van der Waals surface area contributed by atoms with Crippen LogP contribution in [0.4, 0.5) is 5.82 Å². The minimum absolute atomic E-state index is 0.0978. The van der Waals surface area contributed by atoms with E-state index in [0.717, 1.165) is 32.7 Å². The second-order valence-corrected chi connectivity index (χ2v) is 9.79. The molecule has 3 N–H and O–H groups in total. The van der Waals surface area contributed by atoms with E-state index in [0.29, 0.717) is 12.5 Å². The van der Waals surface area contributed by atoms with E-state index in [4.69, 9.17) is 5.14 Å². The fraction of sp³-hybridized carbons (Fsp3) is 0.182. The van der Waals surface area contributed by atoms with E-state index >= 15 is 0 Å². The second kappa shape index (κ2) is 8.14. The Bertz CT molecular complexity index is 1280. The zero-order valence-electron chi connectivity index (χ0n) is 16.7. The van der Waals surface area contributed by atoms with Crippen LogP contribution in [0.5, 0.6) is 0 Å². The summed E-state index contributed by atoms with van der Waals surface area (Å²) in [5.74, 6) is 1.24. The Labute approximate surface area is 179 Å². The minimum atomic E-state index is -3.69. The lowest BCUT2D eigenvalue weighted by molar-refractivity contribution is 0.598. The van der Waals surface area contributed by atoms with E-state index in [1.54, 1.807) is 29.8 Å². The topological polar surface area (TPSA) is 98.0 Å². The quantitative estimate of drug-likeness (QED) is 0.453. The molecular weight excluding hydrogens is 416 g/mol. The zero-order valence-corrected chi connectivity index (χ0v) is 18.3. The summed E-state index contributed by atoms with van der Waals surface area (Å²) in [6.45, 7) is 4.86. The highest BCUT2D eigenvalue weighted by molar-refractivity contribution is 7.89. The predicted molar refractivity (Wildman–Crippen MR) is 122 cm³/mol. The third kappa shape index (κ3) is 4.21. The number of hydrogen-bond acceptors (Lipinski definition) is 6. The first-order valence-corrected chi connectivity index (χ1v) is 11.9. The Morgan fingerprint density at radius 3 is 2.37 bits per heavy atom. The summed E-state index contributed by atoms with van der Waals surface area (Å²) in [5.41, 5.74) is 4.45. The van der Waals surface area contributed by atoms with Gasteiger partial charge in [0.05, 0.1) is 10.3 Å². The second-order valence-electron chi connectivity index (χ2n) is 7.37. The average molecular weight is 439 g/mol. The summed E-state index contributed by atoms with van der Waals surface area (Å²) in [6, 6.07) is 15.1. The van der Waals surface area contributed by atoms with Gasteiger partial charge in [0, 0.05) is 17.5 Å². The molecule has 0 spiro atoms. The molecule has 0 atom stereocenters. The highest BCUT2D eigenvalue weighted by Gasteiger charge is 2.14. The van der Waals surface area contributed by atoms with Crippen LogP contribution in [0.25, 0.3) is 21.3 Å². The van der Waals surface area contributed by atoms with Crippen molar-refractivity contribution < 1.29 is 8.42 Å². The molecule has 30 heavy (non-hydrogen) atoms. The molecule has 4 aromatic rings. The molecule has 0 amide bonds. The van der Waals surface area contributed by atoms with Crippen molar-refractivity contribution in [1.82, 2.24) is 9.97 Å². The summed E-state index contributed by atoms with van der Waals surface area (Å²) in [7, 11) is -3.69. The molecule has 0 saturated heterocycles. The van der Waals surface area contributed by atoms with Crippen molar-refractivity contribution >= 4 is 37.4 Å². The van der Waals surface area contributed by atoms with E-state index < -0.39 is 10.0 Å². The maximum atomic E-state index is 11.4. The minimum Gasteiger partial charge on any atom is -0.365 e. The standard InChI is InChI=1S/C22H22N4O2S2/c1-14(2)16-5-7-17(8-6-16)19-12-29-22-20(19)21(25-13-26-22)24-11-15-3-9-18(10-4-15)30(23,27)28/h3-10,12-14H,11H2,1-2H3,(H2,23,27,28)(H,24,25,26).